The monoisotopic (exact) mass is 317 g/mol. The molecule has 6 heteroatoms. The largest absolute Gasteiger partial charge is 0.357 e. The summed E-state index contributed by atoms with van der Waals surface area (Å²) in [6, 6.07) is 4.46. The molecule has 0 aromatic carbocycles. The van der Waals surface area contributed by atoms with Gasteiger partial charge in [-0.25, -0.2) is 14.8 Å². The number of amides is 2. The first-order valence-electron chi connectivity index (χ1n) is 8.70. The highest BCUT2D eigenvalue weighted by Gasteiger charge is 2.26. The van der Waals surface area contributed by atoms with Crippen molar-refractivity contribution >= 4 is 17.5 Å². The van der Waals surface area contributed by atoms with Crippen LogP contribution >= 0.6 is 0 Å². The maximum atomic E-state index is 12.2. The number of pyridine rings is 1. The summed E-state index contributed by atoms with van der Waals surface area (Å²) in [5.74, 6) is 0.992. The van der Waals surface area contributed by atoms with Crippen molar-refractivity contribution in [2.24, 2.45) is 0 Å². The topological polar surface area (TPSA) is 60.5 Å². The lowest BCUT2D eigenvalue weighted by molar-refractivity contribution is 0.0625. The van der Waals surface area contributed by atoms with E-state index in [0.717, 1.165) is 37.4 Å². The molecule has 23 heavy (non-hydrogen) atoms. The summed E-state index contributed by atoms with van der Waals surface area (Å²) in [5.41, 5.74) is 3.71. The van der Waals surface area contributed by atoms with E-state index in [1.807, 2.05) is 12.1 Å². The van der Waals surface area contributed by atoms with Crippen LogP contribution in [0.25, 0.3) is 0 Å². The van der Waals surface area contributed by atoms with Crippen LogP contribution in [0.2, 0.25) is 0 Å². The lowest BCUT2D eigenvalue weighted by Crippen LogP contribution is -2.55. The number of urea groups is 1. The van der Waals surface area contributed by atoms with Crippen LogP contribution in [0.5, 0.6) is 0 Å². The summed E-state index contributed by atoms with van der Waals surface area (Å²) in [4.78, 5) is 18.9. The standard InChI is InChI=1S/C17H27N5O/c1-13-6-5-7-14(2)22(13)20-17(23)19-15-8-9-16(18-12-15)21-10-3-4-11-21/h8-9,12-14H,3-7,10-11H2,1-2H3,(H2,19,20,23). The molecule has 2 atom stereocenters. The van der Waals surface area contributed by atoms with Crippen LogP contribution in [0, 0.1) is 0 Å². The fraction of sp³-hybridized carbons (Fsp3) is 0.647. The first-order chi connectivity index (χ1) is 11.1. The number of carbonyl (C=O) groups excluding carboxylic acids is 1. The second kappa shape index (κ2) is 7.17. The van der Waals surface area contributed by atoms with Gasteiger partial charge in [-0.3, -0.25) is 5.43 Å². The SMILES string of the molecule is CC1CCCC(C)N1NC(=O)Nc1ccc(N2CCCC2)nc1. The molecule has 1 aromatic heterocycles. The van der Waals surface area contributed by atoms with Crippen molar-refractivity contribution in [2.45, 2.75) is 58.0 Å². The molecule has 6 nitrogen and oxygen atoms in total. The Morgan fingerprint density at radius 3 is 2.43 bits per heavy atom. The molecule has 126 valence electrons. The zero-order chi connectivity index (χ0) is 16.2. The minimum absolute atomic E-state index is 0.193. The van der Waals surface area contributed by atoms with E-state index in [0.29, 0.717) is 12.1 Å². The molecule has 0 bridgehead atoms. The van der Waals surface area contributed by atoms with Crippen LogP contribution in [-0.2, 0) is 0 Å². The molecule has 2 saturated heterocycles. The van der Waals surface area contributed by atoms with Gasteiger partial charge in [0.05, 0.1) is 11.9 Å². The first-order valence-corrected chi connectivity index (χ1v) is 8.70. The lowest BCUT2D eigenvalue weighted by atomic mass is 10.00. The van der Waals surface area contributed by atoms with Gasteiger partial charge in [-0.1, -0.05) is 6.42 Å². The Kier molecular flexibility index (Phi) is 5.00. The van der Waals surface area contributed by atoms with E-state index in [9.17, 15) is 4.79 Å². The number of anilines is 2. The van der Waals surface area contributed by atoms with Gasteiger partial charge in [-0.2, -0.15) is 0 Å². The van der Waals surface area contributed by atoms with Crippen LogP contribution < -0.4 is 15.6 Å². The van der Waals surface area contributed by atoms with Gasteiger partial charge in [0.1, 0.15) is 5.82 Å². The maximum Gasteiger partial charge on any atom is 0.333 e. The third kappa shape index (κ3) is 3.93. The summed E-state index contributed by atoms with van der Waals surface area (Å²) < 4.78 is 0. The third-order valence-corrected chi connectivity index (χ3v) is 4.86. The molecule has 3 heterocycles. The predicted octanol–water partition coefficient (Wildman–Crippen LogP) is 2.98. The van der Waals surface area contributed by atoms with Crippen LogP contribution in [0.4, 0.5) is 16.3 Å². The average Bonchev–Trinajstić information content (AvgIpc) is 3.06. The molecular weight excluding hydrogens is 290 g/mol. The molecule has 2 unspecified atom stereocenters. The number of carbonyl (C=O) groups is 1. The molecule has 2 aliphatic heterocycles. The van der Waals surface area contributed by atoms with Gasteiger partial charge in [0.25, 0.3) is 0 Å². The Morgan fingerprint density at radius 1 is 1.13 bits per heavy atom. The Bertz CT molecular complexity index is 516. The predicted molar refractivity (Wildman–Crippen MR) is 92.5 cm³/mol. The molecule has 1 aromatic rings. The highest BCUT2D eigenvalue weighted by molar-refractivity contribution is 5.88. The molecule has 2 fully saturated rings. The van der Waals surface area contributed by atoms with Gasteiger partial charge in [0.15, 0.2) is 0 Å². The third-order valence-electron chi connectivity index (χ3n) is 4.86. The summed E-state index contributed by atoms with van der Waals surface area (Å²) in [6.45, 7) is 6.46. The van der Waals surface area contributed by atoms with E-state index in [1.54, 1.807) is 6.20 Å². The number of nitrogens with one attached hydrogen (secondary N) is 2. The van der Waals surface area contributed by atoms with Gasteiger partial charge in [0, 0.05) is 25.2 Å². The lowest BCUT2D eigenvalue weighted by Gasteiger charge is -2.38. The van der Waals surface area contributed by atoms with E-state index >= 15 is 0 Å². The van der Waals surface area contributed by atoms with Crippen LogP contribution in [-0.4, -0.2) is 41.2 Å². The van der Waals surface area contributed by atoms with Crippen LogP contribution in [0.1, 0.15) is 46.0 Å². The summed E-state index contributed by atoms with van der Waals surface area (Å²) in [6.07, 6.45) is 7.67. The molecule has 3 rings (SSSR count). The number of hydrogen-bond acceptors (Lipinski definition) is 4. The number of nitrogens with zero attached hydrogens (tertiary/aromatic N) is 3. The second-order valence-corrected chi connectivity index (χ2v) is 6.70. The van der Waals surface area contributed by atoms with E-state index in [2.05, 4.69) is 39.5 Å². The smallest absolute Gasteiger partial charge is 0.333 e. The Hall–Kier alpha value is -1.82. The summed E-state index contributed by atoms with van der Waals surface area (Å²) in [7, 11) is 0. The summed E-state index contributed by atoms with van der Waals surface area (Å²) >= 11 is 0. The number of piperidine rings is 1. The second-order valence-electron chi connectivity index (χ2n) is 6.70. The van der Waals surface area contributed by atoms with E-state index in [1.165, 1.54) is 19.3 Å². The number of hydrogen-bond donors (Lipinski definition) is 2. The van der Waals surface area contributed by atoms with Crippen LogP contribution in [0.15, 0.2) is 18.3 Å². The van der Waals surface area contributed by atoms with Crippen molar-refractivity contribution in [2.75, 3.05) is 23.3 Å². The molecule has 2 aliphatic rings. The highest BCUT2D eigenvalue weighted by atomic mass is 16.2. The van der Waals surface area contributed by atoms with Crippen molar-refractivity contribution in [3.8, 4) is 0 Å². The fourth-order valence-corrected chi connectivity index (χ4v) is 3.51. The Labute approximate surface area is 138 Å². The van der Waals surface area contributed by atoms with Crippen molar-refractivity contribution in [3.63, 3.8) is 0 Å². The van der Waals surface area contributed by atoms with E-state index in [-0.39, 0.29) is 6.03 Å². The molecule has 0 aliphatic carbocycles. The van der Waals surface area contributed by atoms with Crippen molar-refractivity contribution < 1.29 is 4.79 Å². The van der Waals surface area contributed by atoms with Gasteiger partial charge >= 0.3 is 6.03 Å². The Morgan fingerprint density at radius 2 is 1.83 bits per heavy atom. The van der Waals surface area contributed by atoms with Crippen LogP contribution in [0.3, 0.4) is 0 Å². The molecule has 0 radical (unpaired) electrons. The van der Waals surface area contributed by atoms with Gasteiger partial charge in [0.2, 0.25) is 0 Å². The molecule has 2 N–H and O–H groups in total. The van der Waals surface area contributed by atoms with Crippen molar-refractivity contribution in [1.29, 1.82) is 0 Å². The van der Waals surface area contributed by atoms with E-state index < -0.39 is 0 Å². The molecule has 0 spiro atoms. The highest BCUT2D eigenvalue weighted by Crippen LogP contribution is 2.21. The van der Waals surface area contributed by atoms with Crippen molar-refractivity contribution in [3.05, 3.63) is 18.3 Å². The fourth-order valence-electron chi connectivity index (χ4n) is 3.51. The average molecular weight is 317 g/mol. The van der Waals surface area contributed by atoms with E-state index in [4.69, 9.17) is 0 Å². The number of rotatable bonds is 3. The quantitative estimate of drug-likeness (QED) is 0.900. The zero-order valence-electron chi connectivity index (χ0n) is 14.1. The maximum absolute atomic E-state index is 12.2. The van der Waals surface area contributed by atoms with Gasteiger partial charge in [-0.15, -0.1) is 0 Å². The minimum atomic E-state index is -0.193. The zero-order valence-corrected chi connectivity index (χ0v) is 14.1. The Balaban J connectivity index is 1.55. The minimum Gasteiger partial charge on any atom is -0.357 e. The molecule has 2 amide bonds. The normalized spacial score (nSPS) is 25.4. The first kappa shape index (κ1) is 16.1. The van der Waals surface area contributed by atoms with Gasteiger partial charge in [-0.05, 0) is 51.7 Å². The summed E-state index contributed by atoms with van der Waals surface area (Å²) in [5, 5.41) is 4.94. The van der Waals surface area contributed by atoms with Crippen molar-refractivity contribution in [1.82, 2.24) is 15.4 Å². The number of hydrazine groups is 1. The molecular formula is C17H27N5O. The van der Waals surface area contributed by atoms with Gasteiger partial charge < -0.3 is 10.2 Å². The molecule has 0 saturated carbocycles. The number of aromatic nitrogens is 1.